The van der Waals surface area contributed by atoms with Gasteiger partial charge in [-0.05, 0) is 42.3 Å². The van der Waals surface area contributed by atoms with Crippen LogP contribution in [0.5, 0.6) is 0 Å². The predicted molar refractivity (Wildman–Crippen MR) is 124 cm³/mol. The highest BCUT2D eigenvalue weighted by molar-refractivity contribution is 8.00. The third kappa shape index (κ3) is 4.37. The Hall–Kier alpha value is -2.76. The lowest BCUT2D eigenvalue weighted by molar-refractivity contribution is -0.116. The van der Waals surface area contributed by atoms with Crippen molar-refractivity contribution in [1.82, 2.24) is 0 Å². The Morgan fingerprint density at radius 1 is 1.07 bits per heavy atom. The summed E-state index contributed by atoms with van der Waals surface area (Å²) in [4.78, 5) is 27.0. The molecule has 1 N–H and O–H groups in total. The molecular weight excluding hydrogens is 416 g/mol. The molecule has 6 heteroatoms. The molecule has 4 nitrogen and oxygen atoms in total. The second kappa shape index (κ2) is 8.94. The molecule has 0 saturated carbocycles. The fourth-order valence-electron chi connectivity index (χ4n) is 3.40. The summed E-state index contributed by atoms with van der Waals surface area (Å²) >= 11 is 7.92. The van der Waals surface area contributed by atoms with Crippen molar-refractivity contribution in [2.24, 2.45) is 0 Å². The normalized spacial score (nSPS) is 17.1. The summed E-state index contributed by atoms with van der Waals surface area (Å²) in [5.41, 5.74) is 4.38. The maximum absolute atomic E-state index is 12.6. The van der Waals surface area contributed by atoms with E-state index in [0.29, 0.717) is 11.4 Å². The van der Waals surface area contributed by atoms with Gasteiger partial charge in [-0.2, -0.15) is 0 Å². The zero-order valence-corrected chi connectivity index (χ0v) is 18.0. The van der Waals surface area contributed by atoms with Gasteiger partial charge in [-0.25, -0.2) is 0 Å². The molecule has 30 heavy (non-hydrogen) atoms. The Labute approximate surface area is 185 Å². The Bertz CT molecular complexity index is 1060. The molecule has 1 saturated heterocycles. The summed E-state index contributed by atoms with van der Waals surface area (Å²) < 4.78 is 0. The lowest BCUT2D eigenvalue weighted by Gasteiger charge is -2.25. The van der Waals surface area contributed by atoms with E-state index in [0.717, 1.165) is 22.4 Å². The first kappa shape index (κ1) is 20.5. The van der Waals surface area contributed by atoms with E-state index in [9.17, 15) is 9.59 Å². The molecule has 0 bridgehead atoms. The standard InChI is InChI=1S/C24H21ClN2O2S/c1-16-10-12-20(13-11-16)27-21(28)15-30-24(27)18-8-5-9-19(14-18)26-23(29)22(25)17-6-3-2-4-7-17/h2-14,22,24H,15H2,1H3,(H,26,29)/t22-,24-/m1/s1. The Kier molecular flexibility index (Phi) is 6.11. The van der Waals surface area contributed by atoms with Gasteiger partial charge in [0.05, 0.1) is 5.75 Å². The Morgan fingerprint density at radius 3 is 2.53 bits per heavy atom. The van der Waals surface area contributed by atoms with E-state index in [1.165, 1.54) is 0 Å². The van der Waals surface area contributed by atoms with Gasteiger partial charge < -0.3 is 5.32 Å². The van der Waals surface area contributed by atoms with Gasteiger partial charge in [0.2, 0.25) is 11.8 Å². The smallest absolute Gasteiger partial charge is 0.246 e. The summed E-state index contributed by atoms with van der Waals surface area (Å²) in [6, 6.07) is 24.8. The van der Waals surface area contributed by atoms with E-state index in [1.807, 2.05) is 90.7 Å². The number of benzene rings is 3. The number of amides is 2. The van der Waals surface area contributed by atoms with Crippen LogP contribution in [0.4, 0.5) is 11.4 Å². The summed E-state index contributed by atoms with van der Waals surface area (Å²) in [7, 11) is 0. The van der Waals surface area contributed by atoms with Crippen molar-refractivity contribution in [1.29, 1.82) is 0 Å². The lowest BCUT2D eigenvalue weighted by Crippen LogP contribution is -2.27. The highest BCUT2D eigenvalue weighted by Crippen LogP contribution is 2.42. The van der Waals surface area contributed by atoms with Crippen molar-refractivity contribution in [3.05, 3.63) is 95.6 Å². The van der Waals surface area contributed by atoms with Crippen molar-refractivity contribution in [2.45, 2.75) is 17.7 Å². The number of alkyl halides is 1. The van der Waals surface area contributed by atoms with Gasteiger partial charge in [0.15, 0.2) is 0 Å². The van der Waals surface area contributed by atoms with E-state index >= 15 is 0 Å². The molecule has 3 aromatic carbocycles. The number of carbonyl (C=O) groups is 2. The summed E-state index contributed by atoms with van der Waals surface area (Å²) in [5.74, 6) is 0.214. The molecule has 3 aromatic rings. The highest BCUT2D eigenvalue weighted by Gasteiger charge is 2.34. The number of anilines is 2. The van der Waals surface area contributed by atoms with E-state index in [4.69, 9.17) is 11.6 Å². The van der Waals surface area contributed by atoms with Crippen LogP contribution in [0.2, 0.25) is 0 Å². The van der Waals surface area contributed by atoms with Gasteiger partial charge in [-0.3, -0.25) is 14.5 Å². The predicted octanol–water partition coefficient (Wildman–Crippen LogP) is 5.69. The van der Waals surface area contributed by atoms with Gasteiger partial charge in [0, 0.05) is 11.4 Å². The first-order valence-electron chi connectivity index (χ1n) is 9.63. The average Bonchev–Trinajstić information content (AvgIpc) is 3.16. The van der Waals surface area contributed by atoms with E-state index in [2.05, 4.69) is 5.32 Å². The van der Waals surface area contributed by atoms with Crippen LogP contribution in [0.25, 0.3) is 0 Å². The van der Waals surface area contributed by atoms with Gasteiger partial charge in [0.25, 0.3) is 0 Å². The maximum atomic E-state index is 12.6. The number of carbonyl (C=O) groups excluding carboxylic acids is 2. The molecular formula is C24H21ClN2O2S. The van der Waals surface area contributed by atoms with Crippen molar-refractivity contribution >= 4 is 46.6 Å². The minimum absolute atomic E-state index is 0.0770. The second-order valence-electron chi connectivity index (χ2n) is 7.15. The molecule has 0 aliphatic carbocycles. The molecule has 2 atom stereocenters. The highest BCUT2D eigenvalue weighted by atomic mass is 35.5. The third-order valence-corrected chi connectivity index (χ3v) is 6.60. The minimum Gasteiger partial charge on any atom is -0.324 e. The zero-order valence-electron chi connectivity index (χ0n) is 16.4. The van der Waals surface area contributed by atoms with Crippen LogP contribution in [0.1, 0.15) is 27.4 Å². The molecule has 2 amide bonds. The summed E-state index contributed by atoms with van der Waals surface area (Å²) in [5, 5.41) is 1.98. The maximum Gasteiger partial charge on any atom is 0.246 e. The van der Waals surface area contributed by atoms with Crippen molar-refractivity contribution in [3.8, 4) is 0 Å². The zero-order chi connectivity index (χ0) is 21.1. The van der Waals surface area contributed by atoms with Gasteiger partial charge in [0.1, 0.15) is 10.8 Å². The topological polar surface area (TPSA) is 49.4 Å². The van der Waals surface area contributed by atoms with E-state index in [-0.39, 0.29) is 17.2 Å². The van der Waals surface area contributed by atoms with Crippen LogP contribution in [-0.4, -0.2) is 17.6 Å². The largest absolute Gasteiger partial charge is 0.324 e. The summed E-state index contributed by atoms with van der Waals surface area (Å²) in [6.07, 6.45) is 0. The monoisotopic (exact) mass is 436 g/mol. The fourth-order valence-corrected chi connectivity index (χ4v) is 4.77. The van der Waals surface area contributed by atoms with Gasteiger partial charge in [-0.15, -0.1) is 23.4 Å². The molecule has 0 unspecified atom stereocenters. The number of hydrogen-bond acceptors (Lipinski definition) is 3. The average molecular weight is 437 g/mol. The van der Waals surface area contributed by atoms with Crippen LogP contribution in [0.15, 0.2) is 78.9 Å². The molecule has 4 rings (SSSR count). The van der Waals surface area contributed by atoms with Crippen LogP contribution in [-0.2, 0) is 9.59 Å². The van der Waals surface area contributed by atoms with Crippen LogP contribution in [0, 0.1) is 6.92 Å². The molecule has 1 heterocycles. The quantitative estimate of drug-likeness (QED) is 0.522. The van der Waals surface area contributed by atoms with Crippen LogP contribution < -0.4 is 10.2 Å². The van der Waals surface area contributed by atoms with Crippen LogP contribution in [0.3, 0.4) is 0 Å². The number of rotatable bonds is 5. The first-order valence-corrected chi connectivity index (χ1v) is 11.1. The van der Waals surface area contributed by atoms with Crippen molar-refractivity contribution in [3.63, 3.8) is 0 Å². The number of nitrogens with one attached hydrogen (secondary N) is 1. The summed E-state index contributed by atoms with van der Waals surface area (Å²) in [6.45, 7) is 2.02. The Balaban J connectivity index is 1.54. The first-order chi connectivity index (χ1) is 14.5. The van der Waals surface area contributed by atoms with Crippen LogP contribution >= 0.6 is 23.4 Å². The molecule has 1 fully saturated rings. The second-order valence-corrected chi connectivity index (χ2v) is 8.66. The molecule has 0 radical (unpaired) electrons. The van der Waals surface area contributed by atoms with Crippen molar-refractivity contribution in [2.75, 3.05) is 16.0 Å². The van der Waals surface area contributed by atoms with Crippen molar-refractivity contribution < 1.29 is 9.59 Å². The SMILES string of the molecule is Cc1ccc(N2C(=O)CS[C@@H]2c2cccc(NC(=O)[C@H](Cl)c3ccccc3)c2)cc1. The van der Waals surface area contributed by atoms with Gasteiger partial charge in [-0.1, -0.05) is 60.2 Å². The minimum atomic E-state index is -0.777. The third-order valence-electron chi connectivity index (χ3n) is 4.94. The molecule has 0 aromatic heterocycles. The molecule has 1 aliphatic rings. The lowest BCUT2D eigenvalue weighted by atomic mass is 10.1. The number of nitrogens with zero attached hydrogens (tertiary/aromatic N) is 1. The van der Waals surface area contributed by atoms with Gasteiger partial charge >= 0.3 is 0 Å². The number of thioether (sulfide) groups is 1. The fraction of sp³-hybridized carbons (Fsp3) is 0.167. The Morgan fingerprint density at radius 2 is 1.80 bits per heavy atom. The number of aryl methyl sites for hydroxylation is 1. The van der Waals surface area contributed by atoms with E-state index in [1.54, 1.807) is 11.8 Å². The number of halogens is 1. The molecule has 152 valence electrons. The molecule has 0 spiro atoms. The number of hydrogen-bond donors (Lipinski definition) is 1. The van der Waals surface area contributed by atoms with E-state index < -0.39 is 5.38 Å². The molecule has 1 aliphatic heterocycles.